The Hall–Kier alpha value is -4.84. The van der Waals surface area contributed by atoms with E-state index in [1.165, 1.54) is 43.8 Å². The van der Waals surface area contributed by atoms with E-state index in [9.17, 15) is 0 Å². The largest absolute Gasteiger partial charge is 0.214 e. The third kappa shape index (κ3) is 11.4. The van der Waals surface area contributed by atoms with Crippen molar-refractivity contribution in [3.63, 3.8) is 0 Å². The van der Waals surface area contributed by atoms with Crippen LogP contribution < -0.4 is 31.8 Å². The van der Waals surface area contributed by atoms with Crippen molar-refractivity contribution < 1.29 is 27.3 Å². The number of hydrogen-bond acceptors (Lipinski definition) is 2. The summed E-state index contributed by atoms with van der Waals surface area (Å²) in [6.45, 7) is 2.75. The van der Waals surface area contributed by atoms with Crippen LogP contribution in [0.5, 0.6) is 0 Å². The predicted molar refractivity (Wildman–Crippen MR) is 259 cm³/mol. The molecular weight excluding hydrogens is 868 g/mol. The fraction of sp³-hybridized carbons (Fsp3) is 0.143. The first kappa shape index (κ1) is 44.2. The van der Waals surface area contributed by atoms with Gasteiger partial charge in [-0.05, 0) is 47.7 Å². The van der Waals surface area contributed by atoms with Crippen LogP contribution in [-0.4, -0.2) is 16.7 Å². The molecule has 8 aromatic carbocycles. The average molecular weight is 921 g/mol. The van der Waals surface area contributed by atoms with Crippen LogP contribution in [0.1, 0.15) is 38.2 Å². The number of hydrogen-bond donors (Lipinski definition) is 0. The standard InChI is InChI=1S/2C18H15P.C15H18O2.C5H5.Ru/c2*1-4-10-16(11-5-1)19(17-12-6-2-7-13-17)18-14-8-3-9-15-18;1-2-16-15-10-6-9-14(15,11-12-17-15)13-7-4-3-5-8-13;1-2-4-5-3-1;/h2*1-15H;3-5,7-8H,2,6,9-11H2,1H3;1-5H;/q;;;-1;+1/t;;14-,15-;;/m..0../s1. The molecule has 2 atom stereocenters. The average Bonchev–Trinajstić information content (AvgIpc) is 4.08. The summed E-state index contributed by atoms with van der Waals surface area (Å²) in [5, 5.41) is 8.39. The second-order valence-electron chi connectivity index (χ2n) is 14.8. The van der Waals surface area contributed by atoms with Gasteiger partial charge in [0.25, 0.3) is 0 Å². The Morgan fingerprint density at radius 1 is 0.475 bits per heavy atom. The summed E-state index contributed by atoms with van der Waals surface area (Å²) < 4.78 is 13.3. The van der Waals surface area contributed by atoms with Gasteiger partial charge in [-0.1, -0.05) is 182 Å². The van der Waals surface area contributed by atoms with Crippen molar-refractivity contribution in [2.75, 3.05) is 6.61 Å². The van der Waals surface area contributed by atoms with Gasteiger partial charge in [0.15, 0.2) is 0 Å². The summed E-state index contributed by atoms with van der Waals surface area (Å²) in [6, 6.07) is 85.4. The molecule has 10 rings (SSSR count). The SMILES string of the molecule is CCO[C@]12CCC[C@@]1(c1ccccc1)C[C](=[Ru+])O2.c1cc[cH-]c1.c1ccc(P(c2ccccc2)c2ccccc2)cc1.c1ccc(P(c2ccccc2)c2ccccc2)cc1. The zero-order valence-corrected chi connectivity index (χ0v) is 38.2. The molecule has 2 fully saturated rings. The molecule has 0 spiro atoms. The van der Waals surface area contributed by atoms with Crippen molar-refractivity contribution in [3.8, 4) is 0 Å². The predicted octanol–water partition coefficient (Wildman–Crippen LogP) is 11.2. The van der Waals surface area contributed by atoms with Crippen LogP contribution in [0.15, 0.2) is 243 Å². The maximum atomic E-state index is 6.13. The van der Waals surface area contributed by atoms with Crippen LogP contribution in [0.2, 0.25) is 0 Å². The first-order valence-corrected chi connectivity index (χ1v) is 24.6. The van der Waals surface area contributed by atoms with Gasteiger partial charge in [0, 0.05) is 0 Å². The molecule has 1 aliphatic carbocycles. The zero-order chi connectivity index (χ0) is 42.0. The molecule has 307 valence electrons. The monoisotopic (exact) mass is 921 g/mol. The van der Waals surface area contributed by atoms with Gasteiger partial charge in [-0.15, -0.1) is 0 Å². The van der Waals surface area contributed by atoms with E-state index >= 15 is 0 Å². The van der Waals surface area contributed by atoms with Gasteiger partial charge in [0.2, 0.25) is 0 Å². The van der Waals surface area contributed by atoms with Gasteiger partial charge in [-0.2, -0.15) is 18.2 Å². The van der Waals surface area contributed by atoms with Crippen LogP contribution >= 0.6 is 15.8 Å². The van der Waals surface area contributed by atoms with E-state index in [2.05, 4.69) is 230 Å². The summed E-state index contributed by atoms with van der Waals surface area (Å²) in [5.74, 6) is -0.427. The van der Waals surface area contributed by atoms with Crippen molar-refractivity contribution in [1.82, 2.24) is 0 Å². The van der Waals surface area contributed by atoms with Crippen molar-refractivity contribution >= 4 is 52.0 Å². The molecule has 0 N–H and O–H groups in total. The van der Waals surface area contributed by atoms with Crippen LogP contribution in [0.25, 0.3) is 0 Å². The van der Waals surface area contributed by atoms with E-state index in [1.54, 1.807) is 0 Å². The van der Waals surface area contributed by atoms with Gasteiger partial charge >= 0.3 is 118 Å². The van der Waals surface area contributed by atoms with Crippen molar-refractivity contribution in [2.24, 2.45) is 0 Å². The van der Waals surface area contributed by atoms with Crippen LogP contribution in [-0.2, 0) is 32.7 Å². The molecule has 0 aromatic heterocycles. The Labute approximate surface area is 375 Å². The van der Waals surface area contributed by atoms with Gasteiger partial charge < -0.3 is 0 Å². The molecule has 0 amide bonds. The van der Waals surface area contributed by atoms with E-state index in [4.69, 9.17) is 9.47 Å². The first-order chi connectivity index (χ1) is 30.1. The minimum Gasteiger partial charge on any atom is -0.214 e. The van der Waals surface area contributed by atoms with Crippen LogP contribution in [0, 0.1) is 0 Å². The third-order valence-corrected chi connectivity index (χ3v) is 16.3. The van der Waals surface area contributed by atoms with Crippen molar-refractivity contribution in [3.05, 3.63) is 248 Å². The smallest absolute Gasteiger partial charge is 0.0134 e. The van der Waals surface area contributed by atoms with Crippen molar-refractivity contribution in [2.45, 2.75) is 43.8 Å². The topological polar surface area (TPSA) is 18.5 Å². The third-order valence-electron chi connectivity index (χ3n) is 10.9. The summed E-state index contributed by atoms with van der Waals surface area (Å²) >= 11 is 2.63. The molecule has 1 aliphatic heterocycles. The summed E-state index contributed by atoms with van der Waals surface area (Å²) in [4.78, 5) is 0. The molecule has 61 heavy (non-hydrogen) atoms. The Balaban J connectivity index is 0.000000130. The fourth-order valence-electron chi connectivity index (χ4n) is 8.24. The molecule has 2 aliphatic rings. The van der Waals surface area contributed by atoms with E-state index in [-0.39, 0.29) is 5.41 Å². The van der Waals surface area contributed by atoms with Crippen molar-refractivity contribution in [1.29, 1.82) is 0 Å². The molecule has 0 radical (unpaired) electrons. The second-order valence-corrected chi connectivity index (χ2v) is 20.2. The maximum Gasteiger partial charge on any atom is -0.0134 e. The Kier molecular flexibility index (Phi) is 16.6. The number of benzene rings is 7. The van der Waals surface area contributed by atoms with Crippen LogP contribution in [0.3, 0.4) is 0 Å². The van der Waals surface area contributed by atoms with Gasteiger partial charge in [0.1, 0.15) is 0 Å². The molecule has 1 saturated heterocycles. The fourth-order valence-corrected chi connectivity index (χ4v) is 13.7. The summed E-state index contributed by atoms with van der Waals surface area (Å²) in [5.41, 5.74) is 1.38. The Bertz CT molecular complexity index is 2100. The molecular formula is C56H53O2P2Ru. The molecule has 5 heteroatoms. The van der Waals surface area contributed by atoms with Gasteiger partial charge in [-0.3, -0.25) is 0 Å². The van der Waals surface area contributed by atoms with E-state index < -0.39 is 21.6 Å². The normalized spacial score (nSPS) is 17.5. The minimum atomic E-state index is -0.446. The van der Waals surface area contributed by atoms with E-state index in [1.807, 2.05) is 37.3 Å². The summed E-state index contributed by atoms with van der Waals surface area (Å²) in [7, 11) is -0.892. The molecule has 1 heterocycles. The van der Waals surface area contributed by atoms with Crippen LogP contribution in [0.4, 0.5) is 0 Å². The number of rotatable bonds is 9. The number of ether oxygens (including phenoxy) is 2. The molecule has 1 saturated carbocycles. The molecule has 2 nitrogen and oxygen atoms in total. The molecule has 8 aromatic rings. The Morgan fingerprint density at radius 3 is 1.10 bits per heavy atom. The number of fused-ring (bicyclic) bond motifs is 1. The maximum absolute atomic E-state index is 6.13. The first-order valence-electron chi connectivity index (χ1n) is 21.1. The molecule has 0 unspecified atom stereocenters. The van der Waals surface area contributed by atoms with E-state index in [0.29, 0.717) is 6.61 Å². The minimum absolute atomic E-state index is 0.0186. The quantitative estimate of drug-likeness (QED) is 0.0816. The Morgan fingerprint density at radius 2 is 0.803 bits per heavy atom. The zero-order valence-electron chi connectivity index (χ0n) is 34.7. The van der Waals surface area contributed by atoms with E-state index in [0.717, 1.165) is 23.6 Å². The summed E-state index contributed by atoms with van der Waals surface area (Å²) in [6.07, 6.45) is 4.29. The second kappa shape index (κ2) is 22.8. The van der Waals surface area contributed by atoms with Gasteiger partial charge in [-0.25, -0.2) is 12.1 Å². The molecule has 0 bridgehead atoms. The van der Waals surface area contributed by atoms with Gasteiger partial charge in [0.05, 0.1) is 0 Å².